The van der Waals surface area contributed by atoms with Crippen molar-refractivity contribution in [3.63, 3.8) is 0 Å². The number of nitrogens with zero attached hydrogens (tertiary/aromatic N) is 3. The second-order valence-electron chi connectivity index (χ2n) is 15.2. The number of aryl methyl sites for hydroxylation is 1. The molecule has 2 unspecified atom stereocenters. The molecule has 0 aliphatic carbocycles. The lowest BCUT2D eigenvalue weighted by Gasteiger charge is -2.36. The third kappa shape index (κ3) is 7.76. The van der Waals surface area contributed by atoms with E-state index in [0.29, 0.717) is 43.1 Å². The van der Waals surface area contributed by atoms with Gasteiger partial charge in [0.05, 0.1) is 13.2 Å². The highest BCUT2D eigenvalue weighted by molar-refractivity contribution is 6.05. The number of piperazine rings is 1. The molecule has 4 aromatic rings. The summed E-state index contributed by atoms with van der Waals surface area (Å²) in [6.07, 6.45) is 3.76. The maximum Gasteiger partial charge on any atom is 0.255 e. The van der Waals surface area contributed by atoms with Gasteiger partial charge in [0.15, 0.2) is 0 Å². The van der Waals surface area contributed by atoms with Crippen LogP contribution in [0.25, 0.3) is 0 Å². The van der Waals surface area contributed by atoms with Crippen LogP contribution in [-0.4, -0.2) is 84.6 Å². The van der Waals surface area contributed by atoms with Gasteiger partial charge >= 0.3 is 0 Å². The maximum absolute atomic E-state index is 14.1. The third-order valence-corrected chi connectivity index (χ3v) is 11.6. The van der Waals surface area contributed by atoms with Gasteiger partial charge in [-0.05, 0) is 104 Å². The number of aromatic hydroxyl groups is 1. The van der Waals surface area contributed by atoms with Crippen LogP contribution in [0.3, 0.4) is 0 Å². The lowest BCUT2D eigenvalue weighted by molar-refractivity contribution is -0.136. The number of phenolic OH excluding ortho intramolecular Hbond substituents is 1. The van der Waals surface area contributed by atoms with Crippen LogP contribution in [0.2, 0.25) is 0 Å². The molecule has 4 aliphatic heterocycles. The zero-order valence-corrected chi connectivity index (χ0v) is 31.1. The first-order valence-electron chi connectivity index (χ1n) is 19.4. The molecule has 0 aromatic heterocycles. The number of hydrogen-bond donors (Lipinski definition) is 2. The minimum Gasteiger partial charge on any atom is -0.508 e. The molecule has 4 aliphatic rings. The molecule has 2 saturated heterocycles. The Morgan fingerprint density at radius 3 is 2.47 bits per heavy atom. The number of nitrogens with one attached hydrogen (secondary N) is 1. The summed E-state index contributed by atoms with van der Waals surface area (Å²) in [6.45, 7) is 8.05. The monoisotopic (exact) mass is 746 g/mol. The highest BCUT2D eigenvalue weighted by atomic mass is 19.1. The van der Waals surface area contributed by atoms with E-state index in [-0.39, 0.29) is 47.5 Å². The number of hydrogen-bond acceptors (Lipinski definition) is 8. The molecule has 8 rings (SSSR count). The molecule has 0 radical (unpaired) electrons. The number of ether oxygens (including phenoxy) is 2. The highest BCUT2D eigenvalue weighted by Crippen LogP contribution is 2.47. The van der Waals surface area contributed by atoms with Gasteiger partial charge in [-0.15, -0.1) is 0 Å². The minimum absolute atomic E-state index is 0.0167. The van der Waals surface area contributed by atoms with E-state index in [1.54, 1.807) is 24.0 Å². The molecular weight excluding hydrogens is 700 g/mol. The quantitative estimate of drug-likeness (QED) is 0.136. The van der Waals surface area contributed by atoms with E-state index in [0.717, 1.165) is 85.7 Å². The molecule has 0 bridgehead atoms. The molecule has 0 spiro atoms. The number of anilines is 1. The van der Waals surface area contributed by atoms with Crippen molar-refractivity contribution in [3.8, 4) is 17.2 Å². The summed E-state index contributed by atoms with van der Waals surface area (Å²) < 4.78 is 26.4. The van der Waals surface area contributed by atoms with Crippen molar-refractivity contribution in [2.75, 3.05) is 50.8 Å². The Balaban J connectivity index is 0.784. The van der Waals surface area contributed by atoms with Crippen molar-refractivity contribution in [3.05, 3.63) is 118 Å². The van der Waals surface area contributed by atoms with Gasteiger partial charge in [-0.25, -0.2) is 4.39 Å². The SMILES string of the molecule is Cc1cc([C@H]2COc3cc(O)ccc3C2c2ccc(OCCCCCN3CCN(c4ccc5c(c4)CN(C4CCC(=O)NC4=O)C5=O)CC3)cc2)ccc1F. The molecule has 10 nitrogen and oxygen atoms in total. The van der Waals surface area contributed by atoms with Gasteiger partial charge in [0, 0.05) is 73.9 Å². The number of fused-ring (bicyclic) bond motifs is 2. The zero-order chi connectivity index (χ0) is 38.1. The zero-order valence-electron chi connectivity index (χ0n) is 31.1. The first-order chi connectivity index (χ1) is 26.7. The second-order valence-corrected chi connectivity index (χ2v) is 15.2. The minimum atomic E-state index is -0.601. The maximum atomic E-state index is 14.1. The van der Waals surface area contributed by atoms with E-state index in [1.807, 2.05) is 42.5 Å². The van der Waals surface area contributed by atoms with Crippen LogP contribution < -0.4 is 19.7 Å². The Hall–Kier alpha value is -5.42. The average molecular weight is 747 g/mol. The summed E-state index contributed by atoms with van der Waals surface area (Å²) in [4.78, 5) is 43.6. The number of halogens is 1. The molecular formula is C44H47FN4O6. The fourth-order valence-electron chi connectivity index (χ4n) is 8.56. The molecule has 3 amide bonds. The van der Waals surface area contributed by atoms with Crippen LogP contribution in [-0.2, 0) is 16.1 Å². The summed E-state index contributed by atoms with van der Waals surface area (Å²) in [5, 5.41) is 12.5. The third-order valence-electron chi connectivity index (χ3n) is 11.6. The van der Waals surface area contributed by atoms with E-state index in [9.17, 15) is 23.9 Å². The van der Waals surface area contributed by atoms with Crippen LogP contribution in [0.5, 0.6) is 17.2 Å². The van der Waals surface area contributed by atoms with Gasteiger partial charge in [-0.1, -0.05) is 30.3 Å². The van der Waals surface area contributed by atoms with Crippen LogP contribution in [0.1, 0.15) is 82.1 Å². The topological polar surface area (TPSA) is 112 Å². The number of carbonyl (C=O) groups is 3. The molecule has 11 heteroatoms. The van der Waals surface area contributed by atoms with E-state index in [2.05, 4.69) is 33.3 Å². The molecule has 2 fully saturated rings. The predicted octanol–water partition coefficient (Wildman–Crippen LogP) is 6.28. The average Bonchev–Trinajstić information content (AvgIpc) is 3.52. The van der Waals surface area contributed by atoms with Crippen molar-refractivity contribution in [1.29, 1.82) is 0 Å². The molecule has 4 aromatic carbocycles. The second kappa shape index (κ2) is 15.7. The highest BCUT2D eigenvalue weighted by Gasteiger charge is 2.39. The predicted molar refractivity (Wildman–Crippen MR) is 206 cm³/mol. The standard InChI is InChI=1S/C44H47FN4O6/c1-28-23-30(7-14-38(28)45)37-27-55-40-25-33(50)9-13-36(40)42(37)29-5-10-34(11-6-29)54-22-4-2-3-17-47-18-20-48(21-19-47)32-8-12-35-31(24-32)26-49(44(35)53)39-15-16-41(51)46-43(39)52/h5-14,23-25,37,39,42,50H,2-4,15-22,26-27H2,1H3,(H,46,51,52)/t37-,39?,42?/m1/s1. The summed E-state index contributed by atoms with van der Waals surface area (Å²) in [5.41, 5.74) is 6.40. The molecule has 0 saturated carbocycles. The first-order valence-corrected chi connectivity index (χ1v) is 19.4. The van der Waals surface area contributed by atoms with Crippen LogP contribution in [0, 0.1) is 12.7 Å². The normalized spacial score (nSPS) is 21.2. The number of phenols is 1. The Kier molecular flexibility index (Phi) is 10.5. The number of piperidine rings is 1. The van der Waals surface area contributed by atoms with Crippen molar-refractivity contribution in [1.82, 2.24) is 15.1 Å². The first kappa shape index (κ1) is 36.6. The number of unbranched alkanes of at least 4 members (excludes halogenated alkanes) is 2. The fourth-order valence-corrected chi connectivity index (χ4v) is 8.56. The van der Waals surface area contributed by atoms with Gasteiger partial charge < -0.3 is 24.4 Å². The van der Waals surface area contributed by atoms with E-state index >= 15 is 0 Å². The van der Waals surface area contributed by atoms with Gasteiger partial charge in [0.1, 0.15) is 29.1 Å². The number of carbonyl (C=O) groups excluding carboxylic acids is 3. The molecule has 3 atom stereocenters. The summed E-state index contributed by atoms with van der Waals surface area (Å²) in [5.74, 6) is 0.582. The largest absolute Gasteiger partial charge is 0.508 e. The van der Waals surface area contributed by atoms with E-state index < -0.39 is 6.04 Å². The van der Waals surface area contributed by atoms with Gasteiger partial charge in [-0.2, -0.15) is 0 Å². The lowest BCUT2D eigenvalue weighted by Crippen LogP contribution is -2.52. The van der Waals surface area contributed by atoms with Gasteiger partial charge in [-0.3, -0.25) is 24.6 Å². The number of amides is 3. The Morgan fingerprint density at radius 2 is 1.69 bits per heavy atom. The van der Waals surface area contributed by atoms with Crippen LogP contribution >= 0.6 is 0 Å². The smallest absolute Gasteiger partial charge is 0.255 e. The number of rotatable bonds is 11. The van der Waals surface area contributed by atoms with E-state index in [4.69, 9.17) is 9.47 Å². The van der Waals surface area contributed by atoms with Crippen molar-refractivity contribution in [2.45, 2.75) is 63.5 Å². The molecule has 4 heterocycles. The lowest BCUT2D eigenvalue weighted by atomic mass is 9.75. The summed E-state index contributed by atoms with van der Waals surface area (Å²) >= 11 is 0. The summed E-state index contributed by atoms with van der Waals surface area (Å²) in [7, 11) is 0. The molecule has 286 valence electrons. The van der Waals surface area contributed by atoms with Crippen LogP contribution in [0.4, 0.5) is 10.1 Å². The number of benzene rings is 4. The van der Waals surface area contributed by atoms with Crippen molar-refractivity contribution in [2.24, 2.45) is 0 Å². The Bertz CT molecular complexity index is 2080. The molecule has 55 heavy (non-hydrogen) atoms. The van der Waals surface area contributed by atoms with Crippen molar-refractivity contribution < 1.29 is 33.4 Å². The summed E-state index contributed by atoms with van der Waals surface area (Å²) in [6, 6.07) is 24.2. The fraction of sp³-hybridized carbons (Fsp3) is 0.386. The Labute approximate surface area is 320 Å². The van der Waals surface area contributed by atoms with Crippen molar-refractivity contribution >= 4 is 23.4 Å². The van der Waals surface area contributed by atoms with E-state index in [1.165, 1.54) is 6.07 Å². The molecule has 2 N–H and O–H groups in total. The number of imide groups is 1. The van der Waals surface area contributed by atoms with Gasteiger partial charge in [0.2, 0.25) is 11.8 Å². The Morgan fingerprint density at radius 1 is 0.891 bits per heavy atom. The van der Waals surface area contributed by atoms with Gasteiger partial charge in [0.25, 0.3) is 5.91 Å². The van der Waals surface area contributed by atoms with Crippen LogP contribution in [0.15, 0.2) is 78.9 Å².